The molecule has 0 amide bonds. The molecule has 0 bridgehead atoms. The lowest BCUT2D eigenvalue weighted by molar-refractivity contribution is 1.38. The third-order valence-electron chi connectivity index (χ3n) is 7.42. The number of hydrogen-bond donors (Lipinski definition) is 0. The SMILES string of the molecule is CSc1ccc(-c2ccc(-c3ccc(C)cc3)cc2)cc1.CSc1ccc(-c2ccc(C)cc2)cc1.CSc1ccc(C)cc1. The lowest BCUT2D eigenvalue weighted by atomic mass is 10.00. The van der Waals surface area contributed by atoms with E-state index < -0.39 is 0 Å². The largest absolute Gasteiger partial charge is 0.130 e. The lowest BCUT2D eigenvalue weighted by Crippen LogP contribution is -1.81. The Kier molecular flexibility index (Phi) is 13.5. The molecule has 0 radical (unpaired) electrons. The molecule has 0 aliphatic carbocycles. The minimum Gasteiger partial charge on any atom is -0.130 e. The van der Waals surface area contributed by atoms with Crippen molar-refractivity contribution < 1.29 is 0 Å². The Morgan fingerprint density at radius 3 is 0.622 bits per heavy atom. The molecule has 6 rings (SSSR count). The number of thioether (sulfide) groups is 3. The van der Waals surface area contributed by atoms with E-state index in [0.717, 1.165) is 0 Å². The maximum absolute atomic E-state index is 2.20. The van der Waals surface area contributed by atoms with Gasteiger partial charge in [-0.1, -0.05) is 126 Å². The Hall–Kier alpha value is -3.63. The van der Waals surface area contributed by atoms with Gasteiger partial charge in [0.05, 0.1) is 0 Å². The van der Waals surface area contributed by atoms with E-state index in [4.69, 9.17) is 0 Å². The first-order valence-electron chi connectivity index (χ1n) is 15.0. The van der Waals surface area contributed by atoms with E-state index in [-0.39, 0.29) is 0 Å². The van der Waals surface area contributed by atoms with Gasteiger partial charge in [-0.2, -0.15) is 0 Å². The van der Waals surface area contributed by atoms with Crippen molar-refractivity contribution in [1.82, 2.24) is 0 Å². The maximum atomic E-state index is 2.20. The van der Waals surface area contributed by atoms with Crippen LogP contribution >= 0.6 is 35.3 Å². The Labute approximate surface area is 283 Å². The van der Waals surface area contributed by atoms with Crippen molar-refractivity contribution in [2.45, 2.75) is 35.5 Å². The molecule has 0 aliphatic rings. The molecule has 0 saturated heterocycles. The van der Waals surface area contributed by atoms with Crippen LogP contribution in [0.2, 0.25) is 0 Å². The Balaban J connectivity index is 0.000000167. The molecule has 0 N–H and O–H groups in total. The van der Waals surface area contributed by atoms with Gasteiger partial charge >= 0.3 is 0 Å². The Bertz CT molecular complexity index is 1700. The summed E-state index contributed by atoms with van der Waals surface area (Å²) < 4.78 is 0. The van der Waals surface area contributed by atoms with Crippen molar-refractivity contribution in [3.8, 4) is 33.4 Å². The van der Waals surface area contributed by atoms with Crippen LogP contribution in [0.4, 0.5) is 0 Å². The summed E-state index contributed by atoms with van der Waals surface area (Å²) in [6.07, 6.45) is 6.29. The van der Waals surface area contributed by atoms with E-state index >= 15 is 0 Å². The minimum absolute atomic E-state index is 1.26. The lowest BCUT2D eigenvalue weighted by Gasteiger charge is -2.06. The molecule has 0 fully saturated rings. The quantitative estimate of drug-likeness (QED) is 0.166. The van der Waals surface area contributed by atoms with Crippen LogP contribution in [0.3, 0.4) is 0 Å². The number of aryl methyl sites for hydroxylation is 3. The summed E-state index contributed by atoms with van der Waals surface area (Å²) in [6, 6.07) is 52.1. The van der Waals surface area contributed by atoms with Crippen LogP contribution in [0.1, 0.15) is 16.7 Å². The summed E-state index contributed by atoms with van der Waals surface area (Å²) >= 11 is 5.33. The fourth-order valence-electron chi connectivity index (χ4n) is 4.59. The van der Waals surface area contributed by atoms with Crippen LogP contribution in [0.25, 0.3) is 33.4 Å². The monoisotopic (exact) mass is 642 g/mol. The summed E-state index contributed by atoms with van der Waals surface area (Å²) in [6.45, 7) is 6.33. The molecular formula is C42H42S3. The molecule has 0 heterocycles. The first-order valence-corrected chi connectivity index (χ1v) is 18.7. The fourth-order valence-corrected chi connectivity index (χ4v) is 5.81. The molecule has 0 saturated carbocycles. The number of rotatable bonds is 6. The average molecular weight is 643 g/mol. The molecule has 0 atom stereocenters. The van der Waals surface area contributed by atoms with Gasteiger partial charge in [0.25, 0.3) is 0 Å². The molecule has 6 aromatic rings. The second kappa shape index (κ2) is 17.8. The second-order valence-electron chi connectivity index (χ2n) is 10.8. The van der Waals surface area contributed by atoms with Crippen LogP contribution in [0, 0.1) is 20.8 Å². The van der Waals surface area contributed by atoms with Gasteiger partial charge < -0.3 is 0 Å². The molecule has 3 heteroatoms. The molecule has 0 unspecified atom stereocenters. The van der Waals surface area contributed by atoms with Gasteiger partial charge in [0.1, 0.15) is 0 Å². The van der Waals surface area contributed by atoms with Gasteiger partial charge in [-0.3, -0.25) is 0 Å². The Morgan fingerprint density at radius 1 is 0.244 bits per heavy atom. The van der Waals surface area contributed by atoms with Gasteiger partial charge in [0.15, 0.2) is 0 Å². The van der Waals surface area contributed by atoms with E-state index in [2.05, 4.69) is 185 Å². The summed E-state index contributed by atoms with van der Waals surface area (Å²) in [5.74, 6) is 0. The second-order valence-corrected chi connectivity index (χ2v) is 13.4. The van der Waals surface area contributed by atoms with Crippen molar-refractivity contribution in [1.29, 1.82) is 0 Å². The molecule has 0 nitrogen and oxygen atoms in total. The third kappa shape index (κ3) is 10.7. The average Bonchev–Trinajstić information content (AvgIpc) is 3.10. The van der Waals surface area contributed by atoms with E-state index in [1.54, 1.807) is 35.3 Å². The zero-order valence-electron chi connectivity index (χ0n) is 27.1. The minimum atomic E-state index is 1.26. The van der Waals surface area contributed by atoms with E-state index in [9.17, 15) is 0 Å². The summed E-state index contributed by atoms with van der Waals surface area (Å²) in [4.78, 5) is 3.95. The molecule has 228 valence electrons. The molecule has 6 aromatic carbocycles. The number of benzene rings is 6. The normalized spacial score (nSPS) is 10.3. The van der Waals surface area contributed by atoms with Crippen LogP contribution in [0.5, 0.6) is 0 Å². The van der Waals surface area contributed by atoms with Gasteiger partial charge in [0.2, 0.25) is 0 Å². The molecular weight excluding hydrogens is 601 g/mol. The molecule has 0 spiro atoms. The van der Waals surface area contributed by atoms with Gasteiger partial charge in [-0.25, -0.2) is 0 Å². The number of hydrogen-bond acceptors (Lipinski definition) is 3. The van der Waals surface area contributed by atoms with E-state index in [1.165, 1.54) is 64.8 Å². The zero-order valence-corrected chi connectivity index (χ0v) is 29.5. The third-order valence-corrected chi connectivity index (χ3v) is 9.66. The first-order chi connectivity index (χ1) is 21.9. The first kappa shape index (κ1) is 34.2. The highest BCUT2D eigenvalue weighted by molar-refractivity contribution is 7.99. The van der Waals surface area contributed by atoms with Crippen molar-refractivity contribution in [2.75, 3.05) is 18.8 Å². The molecule has 45 heavy (non-hydrogen) atoms. The smallest absolute Gasteiger partial charge is 0.00695 e. The highest BCUT2D eigenvalue weighted by Gasteiger charge is 2.01. The fraction of sp³-hybridized carbons (Fsp3) is 0.143. The summed E-state index contributed by atoms with van der Waals surface area (Å²) in [5, 5.41) is 0. The van der Waals surface area contributed by atoms with Crippen molar-refractivity contribution in [2.24, 2.45) is 0 Å². The predicted molar refractivity (Wildman–Crippen MR) is 205 cm³/mol. The van der Waals surface area contributed by atoms with Gasteiger partial charge in [-0.15, -0.1) is 35.3 Å². The predicted octanol–water partition coefficient (Wildman–Crippen LogP) is 13.2. The van der Waals surface area contributed by atoms with Crippen molar-refractivity contribution in [3.05, 3.63) is 162 Å². The summed E-state index contributed by atoms with van der Waals surface area (Å²) in [7, 11) is 0. The van der Waals surface area contributed by atoms with Crippen LogP contribution < -0.4 is 0 Å². The topological polar surface area (TPSA) is 0 Å². The van der Waals surface area contributed by atoms with Crippen LogP contribution in [-0.4, -0.2) is 18.8 Å². The maximum Gasteiger partial charge on any atom is 0.00695 e. The van der Waals surface area contributed by atoms with Crippen LogP contribution in [0.15, 0.2) is 160 Å². The summed E-state index contributed by atoms with van der Waals surface area (Å²) in [5.41, 5.74) is 11.6. The van der Waals surface area contributed by atoms with E-state index in [1.807, 2.05) is 0 Å². The van der Waals surface area contributed by atoms with Gasteiger partial charge in [0, 0.05) is 14.7 Å². The highest BCUT2D eigenvalue weighted by Crippen LogP contribution is 2.27. The van der Waals surface area contributed by atoms with Crippen molar-refractivity contribution in [3.63, 3.8) is 0 Å². The zero-order chi connectivity index (χ0) is 32.0. The molecule has 0 aliphatic heterocycles. The Morgan fingerprint density at radius 2 is 0.400 bits per heavy atom. The molecule has 0 aromatic heterocycles. The standard InChI is InChI=1S/C20H18S.C14H14S.C8H10S/c1-15-3-5-16(6-4-15)17-7-9-18(10-8-17)19-11-13-20(21-2)14-12-19;1-11-3-5-12(6-4-11)13-7-9-14(15-2)10-8-13;1-7-3-5-8(9-2)6-4-7/h3-14H,1-2H3;3-10H,1-2H3;3-6H,1-2H3. The van der Waals surface area contributed by atoms with Crippen molar-refractivity contribution >= 4 is 35.3 Å². The van der Waals surface area contributed by atoms with Gasteiger partial charge in [-0.05, 0) is 109 Å². The van der Waals surface area contributed by atoms with Crippen LogP contribution in [-0.2, 0) is 0 Å². The van der Waals surface area contributed by atoms with E-state index in [0.29, 0.717) is 0 Å². The highest BCUT2D eigenvalue weighted by atomic mass is 32.2.